The predicted molar refractivity (Wildman–Crippen MR) is 117 cm³/mol. The van der Waals surface area contributed by atoms with Crippen molar-refractivity contribution >= 4 is 23.0 Å². The zero-order valence-electron chi connectivity index (χ0n) is 17.7. The standard InChI is InChI=1S/C22H21F4N5OS/c1-13-27-20(28-21(32)30(13)12-18-8-9-19(33-18)22(24,25)26)29-10-16-6-7-17(11-29)31(16)15-4-2-14(23)3-5-15/h2-5,8-9,16-17H,6-7,10-12H2,1H3. The maximum Gasteiger partial charge on any atom is 0.425 e. The topological polar surface area (TPSA) is 54.3 Å². The van der Waals surface area contributed by atoms with E-state index in [0.29, 0.717) is 41.1 Å². The molecular formula is C22H21F4N5OS. The van der Waals surface area contributed by atoms with Crippen molar-refractivity contribution in [2.45, 2.75) is 44.6 Å². The van der Waals surface area contributed by atoms with E-state index in [2.05, 4.69) is 14.9 Å². The molecule has 0 saturated carbocycles. The molecule has 2 aliphatic heterocycles. The maximum atomic E-state index is 13.3. The molecule has 0 spiro atoms. The van der Waals surface area contributed by atoms with Crippen molar-refractivity contribution in [1.29, 1.82) is 0 Å². The van der Waals surface area contributed by atoms with Crippen molar-refractivity contribution in [3.8, 4) is 0 Å². The van der Waals surface area contributed by atoms with Crippen molar-refractivity contribution in [2.24, 2.45) is 0 Å². The number of anilines is 2. The zero-order chi connectivity index (χ0) is 23.3. The lowest BCUT2D eigenvalue weighted by molar-refractivity contribution is -0.134. The molecule has 0 radical (unpaired) electrons. The molecule has 1 aromatic carbocycles. The van der Waals surface area contributed by atoms with Crippen LogP contribution < -0.4 is 15.5 Å². The van der Waals surface area contributed by atoms with Gasteiger partial charge in [-0.25, -0.2) is 9.18 Å². The number of benzene rings is 1. The summed E-state index contributed by atoms with van der Waals surface area (Å²) in [6.45, 7) is 2.93. The van der Waals surface area contributed by atoms with Crippen LogP contribution in [0.1, 0.15) is 28.4 Å². The van der Waals surface area contributed by atoms with Crippen molar-refractivity contribution in [2.75, 3.05) is 22.9 Å². The zero-order valence-corrected chi connectivity index (χ0v) is 18.5. The summed E-state index contributed by atoms with van der Waals surface area (Å²) < 4.78 is 53.2. The molecular weight excluding hydrogens is 458 g/mol. The number of nitrogens with zero attached hydrogens (tertiary/aromatic N) is 5. The van der Waals surface area contributed by atoms with E-state index in [-0.39, 0.29) is 24.4 Å². The molecule has 0 N–H and O–H groups in total. The van der Waals surface area contributed by atoms with Crippen LogP contribution in [0, 0.1) is 12.7 Å². The molecule has 0 aliphatic carbocycles. The smallest absolute Gasteiger partial charge is 0.362 e. The molecule has 174 valence electrons. The number of hydrogen-bond donors (Lipinski definition) is 0. The number of halogens is 4. The van der Waals surface area contributed by atoms with Gasteiger partial charge < -0.3 is 9.80 Å². The van der Waals surface area contributed by atoms with Crippen LogP contribution >= 0.6 is 11.3 Å². The number of fused-ring (bicyclic) bond motifs is 2. The molecule has 2 aromatic heterocycles. The SMILES string of the molecule is Cc1nc(N2CC3CCC(C2)N3c2ccc(F)cc2)nc(=O)n1Cc1ccc(C(F)(F)F)s1. The summed E-state index contributed by atoms with van der Waals surface area (Å²) in [6.07, 6.45) is -2.44. The highest BCUT2D eigenvalue weighted by Gasteiger charge is 2.41. The molecule has 2 aliphatic rings. The average molecular weight is 480 g/mol. The molecule has 5 rings (SSSR count). The summed E-state index contributed by atoms with van der Waals surface area (Å²) >= 11 is 0.612. The second kappa shape index (κ2) is 8.12. The summed E-state index contributed by atoms with van der Waals surface area (Å²) in [5.74, 6) is 0.471. The summed E-state index contributed by atoms with van der Waals surface area (Å²) in [5.41, 5.74) is 0.443. The van der Waals surface area contributed by atoms with Crippen molar-refractivity contribution in [1.82, 2.24) is 14.5 Å². The fourth-order valence-corrected chi connectivity index (χ4v) is 5.57. The summed E-state index contributed by atoms with van der Waals surface area (Å²) in [5, 5.41) is 0. The molecule has 2 unspecified atom stereocenters. The lowest BCUT2D eigenvalue weighted by Crippen LogP contribution is -2.55. The molecule has 6 nitrogen and oxygen atoms in total. The second-order valence-electron chi connectivity index (χ2n) is 8.38. The van der Waals surface area contributed by atoms with Crippen LogP contribution in [0.15, 0.2) is 41.2 Å². The summed E-state index contributed by atoms with van der Waals surface area (Å²) in [6, 6.07) is 9.28. The Labute approximate surface area is 191 Å². The highest BCUT2D eigenvalue weighted by Crippen LogP contribution is 2.36. The van der Waals surface area contributed by atoms with Gasteiger partial charge in [0.05, 0.1) is 6.54 Å². The molecule has 2 fully saturated rings. The van der Waals surface area contributed by atoms with Gasteiger partial charge in [-0.05, 0) is 56.2 Å². The third kappa shape index (κ3) is 4.21. The number of thiophene rings is 1. The largest absolute Gasteiger partial charge is 0.425 e. The Morgan fingerprint density at radius 2 is 1.70 bits per heavy atom. The van der Waals surface area contributed by atoms with E-state index < -0.39 is 16.7 Å². The van der Waals surface area contributed by atoms with Gasteiger partial charge in [-0.15, -0.1) is 11.3 Å². The first-order valence-electron chi connectivity index (χ1n) is 10.6. The van der Waals surface area contributed by atoms with Crippen molar-refractivity contribution in [3.63, 3.8) is 0 Å². The third-order valence-electron chi connectivity index (χ3n) is 6.22. The van der Waals surface area contributed by atoms with Gasteiger partial charge in [0.1, 0.15) is 16.5 Å². The minimum atomic E-state index is -4.40. The Morgan fingerprint density at radius 1 is 1.03 bits per heavy atom. The minimum Gasteiger partial charge on any atom is -0.362 e. The van der Waals surface area contributed by atoms with Gasteiger partial charge in [0, 0.05) is 35.7 Å². The summed E-state index contributed by atoms with van der Waals surface area (Å²) in [4.78, 5) is 25.4. The van der Waals surface area contributed by atoms with Crippen LogP contribution in [0.2, 0.25) is 0 Å². The third-order valence-corrected chi connectivity index (χ3v) is 7.34. The van der Waals surface area contributed by atoms with Crippen molar-refractivity contribution in [3.05, 3.63) is 68.3 Å². The van der Waals surface area contributed by atoms with Crippen LogP contribution in [0.25, 0.3) is 0 Å². The number of piperazine rings is 1. The van der Waals surface area contributed by atoms with Gasteiger partial charge in [-0.2, -0.15) is 23.1 Å². The number of aromatic nitrogens is 3. The van der Waals surface area contributed by atoms with Crippen LogP contribution in [0.5, 0.6) is 0 Å². The highest BCUT2D eigenvalue weighted by molar-refractivity contribution is 7.12. The quantitative estimate of drug-likeness (QED) is 0.528. The molecule has 33 heavy (non-hydrogen) atoms. The monoisotopic (exact) mass is 479 g/mol. The van der Waals surface area contributed by atoms with Crippen LogP contribution in [0.4, 0.5) is 29.2 Å². The van der Waals surface area contributed by atoms with E-state index in [9.17, 15) is 22.4 Å². The van der Waals surface area contributed by atoms with Crippen LogP contribution in [0.3, 0.4) is 0 Å². The lowest BCUT2D eigenvalue weighted by Gasteiger charge is -2.42. The Morgan fingerprint density at radius 3 is 2.27 bits per heavy atom. The van der Waals surface area contributed by atoms with Gasteiger partial charge in [-0.3, -0.25) is 4.57 Å². The molecule has 11 heteroatoms. The Balaban J connectivity index is 1.34. The number of aryl methyl sites for hydroxylation is 1. The van der Waals surface area contributed by atoms with E-state index in [0.717, 1.165) is 24.6 Å². The minimum absolute atomic E-state index is 0.00467. The maximum absolute atomic E-state index is 13.3. The fraction of sp³-hybridized carbons (Fsp3) is 0.409. The van der Waals surface area contributed by atoms with E-state index in [4.69, 9.17) is 0 Å². The van der Waals surface area contributed by atoms with E-state index in [1.807, 2.05) is 4.90 Å². The molecule has 3 aromatic rings. The number of rotatable bonds is 4. The second-order valence-corrected chi connectivity index (χ2v) is 9.55. The summed E-state index contributed by atoms with van der Waals surface area (Å²) in [7, 11) is 0. The first-order valence-corrected chi connectivity index (χ1v) is 11.4. The van der Waals surface area contributed by atoms with Crippen LogP contribution in [-0.2, 0) is 12.7 Å². The molecule has 0 amide bonds. The first kappa shape index (κ1) is 21.9. The first-order chi connectivity index (χ1) is 15.7. The van der Waals surface area contributed by atoms with E-state index >= 15 is 0 Å². The van der Waals surface area contributed by atoms with Crippen LogP contribution in [-0.4, -0.2) is 39.7 Å². The molecule has 4 heterocycles. The molecule has 2 bridgehead atoms. The van der Waals surface area contributed by atoms with Crippen molar-refractivity contribution < 1.29 is 17.6 Å². The average Bonchev–Trinajstić information content (AvgIpc) is 3.33. The normalized spacial score (nSPS) is 20.5. The Kier molecular flexibility index (Phi) is 5.38. The number of alkyl halides is 3. The Hall–Kier alpha value is -2.95. The fourth-order valence-electron chi connectivity index (χ4n) is 4.71. The van der Waals surface area contributed by atoms with E-state index in [1.165, 1.54) is 22.8 Å². The Bertz CT molecular complexity index is 1210. The van der Waals surface area contributed by atoms with Gasteiger partial charge >= 0.3 is 11.9 Å². The molecule has 2 atom stereocenters. The predicted octanol–water partition coefficient (Wildman–Crippen LogP) is 4.07. The van der Waals surface area contributed by atoms with Gasteiger partial charge in [0.25, 0.3) is 0 Å². The van der Waals surface area contributed by atoms with E-state index in [1.54, 1.807) is 19.1 Å². The van der Waals surface area contributed by atoms with Gasteiger partial charge in [0.2, 0.25) is 5.95 Å². The lowest BCUT2D eigenvalue weighted by atomic mass is 10.1. The number of hydrogen-bond acceptors (Lipinski definition) is 6. The van der Waals surface area contributed by atoms with Gasteiger partial charge in [-0.1, -0.05) is 0 Å². The van der Waals surface area contributed by atoms with Gasteiger partial charge in [0.15, 0.2) is 0 Å². The molecule has 2 saturated heterocycles. The highest BCUT2D eigenvalue weighted by atomic mass is 32.1.